The van der Waals surface area contributed by atoms with E-state index in [2.05, 4.69) is 50.4 Å². The molecule has 5 nitrogen and oxygen atoms in total. The number of carbonyl (C=O) groups excluding carboxylic acids is 2. The van der Waals surface area contributed by atoms with Gasteiger partial charge in [-0.2, -0.15) is 0 Å². The Kier molecular flexibility index (Phi) is 5.37. The molecule has 142 valence electrons. The zero-order chi connectivity index (χ0) is 18.9. The fraction of sp³-hybridized carbons (Fsp3) is 0.619. The van der Waals surface area contributed by atoms with E-state index in [-0.39, 0.29) is 17.9 Å². The highest BCUT2D eigenvalue weighted by Gasteiger charge is 2.54. The van der Waals surface area contributed by atoms with Gasteiger partial charge in [-0.3, -0.25) is 9.69 Å². The standard InChI is InChI=1S/C21H31N3O2/c1-15(2)18-10-8-17(9-11-18)13-23(4)14-24-19(25)21(22-20(24)26)12-6-5-7-16(21)3/h8-11,15-16H,5-7,12-14H2,1-4H3,(H,22,26)/t16-,21-/m1/s1. The maximum Gasteiger partial charge on any atom is 0.326 e. The van der Waals surface area contributed by atoms with Crippen molar-refractivity contribution in [1.82, 2.24) is 15.1 Å². The normalized spacial score (nSPS) is 26.2. The van der Waals surface area contributed by atoms with E-state index in [1.54, 1.807) is 0 Å². The largest absolute Gasteiger partial charge is 0.326 e. The second-order valence-corrected chi connectivity index (χ2v) is 8.33. The summed E-state index contributed by atoms with van der Waals surface area (Å²) < 4.78 is 0. The lowest BCUT2D eigenvalue weighted by molar-refractivity contribution is -0.135. The Bertz CT molecular complexity index is 670. The Morgan fingerprint density at radius 2 is 1.92 bits per heavy atom. The number of nitrogens with zero attached hydrogens (tertiary/aromatic N) is 2. The summed E-state index contributed by atoms with van der Waals surface area (Å²) in [5.41, 5.74) is 1.83. The molecule has 1 spiro atoms. The number of hydrogen-bond acceptors (Lipinski definition) is 3. The monoisotopic (exact) mass is 357 g/mol. The van der Waals surface area contributed by atoms with Gasteiger partial charge in [-0.25, -0.2) is 9.69 Å². The molecule has 1 saturated carbocycles. The van der Waals surface area contributed by atoms with Crippen LogP contribution >= 0.6 is 0 Å². The first-order valence-electron chi connectivity index (χ1n) is 9.75. The van der Waals surface area contributed by atoms with E-state index in [0.717, 1.165) is 25.7 Å². The molecule has 2 atom stereocenters. The third-order valence-electron chi connectivity index (χ3n) is 5.98. The Labute approximate surface area is 156 Å². The van der Waals surface area contributed by atoms with Crippen LogP contribution in [0.1, 0.15) is 63.5 Å². The second-order valence-electron chi connectivity index (χ2n) is 8.33. The minimum absolute atomic E-state index is 0.0447. The number of benzene rings is 1. The number of nitrogens with one attached hydrogen (secondary N) is 1. The number of rotatable bonds is 5. The summed E-state index contributed by atoms with van der Waals surface area (Å²) in [7, 11) is 1.95. The zero-order valence-electron chi connectivity index (χ0n) is 16.4. The molecular formula is C21H31N3O2. The quantitative estimate of drug-likeness (QED) is 0.818. The van der Waals surface area contributed by atoms with Crippen LogP contribution in [-0.4, -0.2) is 41.0 Å². The van der Waals surface area contributed by atoms with E-state index in [9.17, 15) is 9.59 Å². The van der Waals surface area contributed by atoms with Gasteiger partial charge in [-0.05, 0) is 42.9 Å². The van der Waals surface area contributed by atoms with Gasteiger partial charge in [0.25, 0.3) is 5.91 Å². The van der Waals surface area contributed by atoms with Crippen LogP contribution in [0.2, 0.25) is 0 Å². The van der Waals surface area contributed by atoms with Crippen LogP contribution in [0.4, 0.5) is 4.79 Å². The van der Waals surface area contributed by atoms with Crippen LogP contribution in [0.3, 0.4) is 0 Å². The molecule has 5 heteroatoms. The molecule has 0 bridgehead atoms. The van der Waals surface area contributed by atoms with Gasteiger partial charge in [0.15, 0.2) is 0 Å². The predicted octanol–water partition coefficient (Wildman–Crippen LogP) is 3.70. The molecule has 0 unspecified atom stereocenters. The first kappa shape index (κ1) is 18.9. The molecule has 0 radical (unpaired) electrons. The highest BCUT2D eigenvalue weighted by Crippen LogP contribution is 2.38. The van der Waals surface area contributed by atoms with Crippen LogP contribution < -0.4 is 5.32 Å². The average Bonchev–Trinajstić information content (AvgIpc) is 2.83. The molecule has 1 aromatic carbocycles. The molecule has 3 rings (SSSR count). The van der Waals surface area contributed by atoms with Crippen molar-refractivity contribution in [3.63, 3.8) is 0 Å². The van der Waals surface area contributed by atoms with E-state index in [0.29, 0.717) is 19.1 Å². The van der Waals surface area contributed by atoms with Gasteiger partial charge < -0.3 is 5.32 Å². The minimum atomic E-state index is -0.672. The van der Waals surface area contributed by atoms with Crippen molar-refractivity contribution in [2.24, 2.45) is 5.92 Å². The maximum atomic E-state index is 13.0. The summed E-state index contributed by atoms with van der Waals surface area (Å²) in [6, 6.07) is 8.32. The van der Waals surface area contributed by atoms with Crippen molar-refractivity contribution in [3.05, 3.63) is 35.4 Å². The molecule has 1 heterocycles. The van der Waals surface area contributed by atoms with E-state index < -0.39 is 5.54 Å². The lowest BCUT2D eigenvalue weighted by atomic mass is 9.73. The molecular weight excluding hydrogens is 326 g/mol. The van der Waals surface area contributed by atoms with Gasteiger partial charge in [0.05, 0.1) is 6.67 Å². The fourth-order valence-corrected chi connectivity index (χ4v) is 4.23. The Morgan fingerprint density at radius 3 is 2.54 bits per heavy atom. The molecule has 1 aliphatic carbocycles. The molecule has 1 N–H and O–H groups in total. The third-order valence-corrected chi connectivity index (χ3v) is 5.98. The van der Waals surface area contributed by atoms with Gasteiger partial charge in [-0.15, -0.1) is 0 Å². The summed E-state index contributed by atoms with van der Waals surface area (Å²) in [4.78, 5) is 28.9. The summed E-state index contributed by atoms with van der Waals surface area (Å²) >= 11 is 0. The van der Waals surface area contributed by atoms with Crippen molar-refractivity contribution < 1.29 is 9.59 Å². The highest BCUT2D eigenvalue weighted by atomic mass is 16.2. The second kappa shape index (κ2) is 7.39. The fourth-order valence-electron chi connectivity index (χ4n) is 4.23. The molecule has 1 aliphatic heterocycles. The van der Waals surface area contributed by atoms with Crippen molar-refractivity contribution in [2.75, 3.05) is 13.7 Å². The van der Waals surface area contributed by atoms with Gasteiger partial charge in [-0.1, -0.05) is 57.9 Å². The van der Waals surface area contributed by atoms with E-state index in [1.165, 1.54) is 16.0 Å². The highest BCUT2D eigenvalue weighted by molar-refractivity contribution is 6.07. The molecule has 26 heavy (non-hydrogen) atoms. The van der Waals surface area contributed by atoms with Crippen LogP contribution in [0.15, 0.2) is 24.3 Å². The first-order chi connectivity index (χ1) is 12.3. The van der Waals surface area contributed by atoms with Crippen molar-refractivity contribution in [3.8, 4) is 0 Å². The molecule has 2 fully saturated rings. The molecule has 1 aromatic rings. The minimum Gasteiger partial charge on any atom is -0.323 e. The van der Waals surface area contributed by atoms with Crippen molar-refractivity contribution in [1.29, 1.82) is 0 Å². The maximum absolute atomic E-state index is 13.0. The van der Waals surface area contributed by atoms with Gasteiger partial charge >= 0.3 is 6.03 Å². The molecule has 3 amide bonds. The van der Waals surface area contributed by atoms with Crippen LogP contribution in [0, 0.1) is 5.92 Å². The number of imide groups is 1. The van der Waals surface area contributed by atoms with Gasteiger partial charge in [0.1, 0.15) is 5.54 Å². The summed E-state index contributed by atoms with van der Waals surface area (Å²) in [5, 5.41) is 3.02. The number of urea groups is 1. The number of carbonyl (C=O) groups is 2. The average molecular weight is 357 g/mol. The third kappa shape index (κ3) is 3.50. The van der Waals surface area contributed by atoms with E-state index in [4.69, 9.17) is 0 Å². The smallest absolute Gasteiger partial charge is 0.323 e. The summed E-state index contributed by atoms with van der Waals surface area (Å²) in [6.07, 6.45) is 3.90. The lowest BCUT2D eigenvalue weighted by Gasteiger charge is -2.37. The van der Waals surface area contributed by atoms with Crippen molar-refractivity contribution >= 4 is 11.9 Å². The Balaban J connectivity index is 1.64. The summed E-state index contributed by atoms with van der Waals surface area (Å²) in [5.74, 6) is 0.671. The lowest BCUT2D eigenvalue weighted by Crippen LogP contribution is -2.54. The predicted molar refractivity (Wildman–Crippen MR) is 103 cm³/mol. The van der Waals surface area contributed by atoms with Gasteiger partial charge in [0.2, 0.25) is 0 Å². The Morgan fingerprint density at radius 1 is 1.23 bits per heavy atom. The topological polar surface area (TPSA) is 52.6 Å². The SMILES string of the molecule is CC(C)c1ccc(CN(C)CN2C(=O)N[C@@]3(CCCC[C@H]3C)C2=O)cc1. The molecule has 1 saturated heterocycles. The Hall–Kier alpha value is -1.88. The number of hydrogen-bond donors (Lipinski definition) is 1. The van der Waals surface area contributed by atoms with Gasteiger partial charge in [0, 0.05) is 6.54 Å². The van der Waals surface area contributed by atoms with E-state index >= 15 is 0 Å². The van der Waals surface area contributed by atoms with Crippen LogP contribution in [0.25, 0.3) is 0 Å². The van der Waals surface area contributed by atoms with E-state index in [1.807, 2.05) is 11.9 Å². The van der Waals surface area contributed by atoms with Crippen LogP contribution in [0.5, 0.6) is 0 Å². The molecule has 0 aromatic heterocycles. The van der Waals surface area contributed by atoms with Crippen molar-refractivity contribution in [2.45, 2.75) is 64.5 Å². The molecule has 2 aliphatic rings. The summed E-state index contributed by atoms with van der Waals surface area (Å²) in [6.45, 7) is 7.48. The number of amides is 3. The first-order valence-corrected chi connectivity index (χ1v) is 9.75. The zero-order valence-corrected chi connectivity index (χ0v) is 16.4. The van der Waals surface area contributed by atoms with Crippen LogP contribution in [-0.2, 0) is 11.3 Å².